The summed E-state index contributed by atoms with van der Waals surface area (Å²) in [6.07, 6.45) is 2.45. The standard InChI is InChI=1S/C9H18ClNO2S/c1-9-4-6-11(8-9)14(12,13)7-3-2-5-10/h9H,2-8H2,1H3. The van der Waals surface area contributed by atoms with E-state index in [4.69, 9.17) is 11.6 Å². The molecule has 0 N–H and O–H groups in total. The van der Waals surface area contributed by atoms with Crippen molar-refractivity contribution in [3.05, 3.63) is 0 Å². The lowest BCUT2D eigenvalue weighted by atomic mass is 10.2. The number of unbranched alkanes of at least 4 members (excludes halogenated alkanes) is 1. The van der Waals surface area contributed by atoms with E-state index in [9.17, 15) is 8.42 Å². The predicted octanol–water partition coefficient (Wildman–Crippen LogP) is 1.68. The van der Waals surface area contributed by atoms with E-state index in [-0.39, 0.29) is 5.75 Å². The van der Waals surface area contributed by atoms with Gasteiger partial charge in [-0.05, 0) is 25.2 Å². The van der Waals surface area contributed by atoms with E-state index < -0.39 is 10.0 Å². The lowest BCUT2D eigenvalue weighted by Crippen LogP contribution is -2.30. The number of hydrogen-bond donors (Lipinski definition) is 0. The van der Waals surface area contributed by atoms with Crippen molar-refractivity contribution in [2.75, 3.05) is 24.7 Å². The van der Waals surface area contributed by atoms with Gasteiger partial charge in [0.15, 0.2) is 0 Å². The Labute approximate surface area is 91.5 Å². The molecule has 1 saturated heterocycles. The van der Waals surface area contributed by atoms with Crippen LogP contribution in [0.2, 0.25) is 0 Å². The van der Waals surface area contributed by atoms with E-state index in [1.54, 1.807) is 4.31 Å². The first-order valence-electron chi connectivity index (χ1n) is 5.10. The second-order valence-electron chi connectivity index (χ2n) is 3.96. The Kier molecular flexibility index (Phi) is 4.67. The molecule has 1 aliphatic heterocycles. The first kappa shape index (κ1) is 12.3. The van der Waals surface area contributed by atoms with Gasteiger partial charge in [0.2, 0.25) is 10.0 Å². The van der Waals surface area contributed by atoms with Crippen molar-refractivity contribution >= 4 is 21.6 Å². The maximum atomic E-state index is 11.7. The quantitative estimate of drug-likeness (QED) is 0.541. The third-order valence-corrected chi connectivity index (χ3v) is 4.76. The zero-order valence-electron chi connectivity index (χ0n) is 8.58. The van der Waals surface area contributed by atoms with Crippen LogP contribution in [0.15, 0.2) is 0 Å². The molecular weight excluding hydrogens is 222 g/mol. The molecule has 14 heavy (non-hydrogen) atoms. The van der Waals surface area contributed by atoms with Crippen LogP contribution in [0.5, 0.6) is 0 Å². The summed E-state index contributed by atoms with van der Waals surface area (Å²) in [5.74, 6) is 1.32. The SMILES string of the molecule is CC1CCN(S(=O)(=O)CCCCCl)C1. The Hall–Kier alpha value is 0.200. The summed E-state index contributed by atoms with van der Waals surface area (Å²) in [5.41, 5.74) is 0. The lowest BCUT2D eigenvalue weighted by molar-refractivity contribution is 0.463. The highest BCUT2D eigenvalue weighted by atomic mass is 35.5. The maximum absolute atomic E-state index is 11.7. The Balaban J connectivity index is 2.41. The third-order valence-electron chi connectivity index (χ3n) is 2.57. The van der Waals surface area contributed by atoms with Gasteiger partial charge in [0.1, 0.15) is 0 Å². The molecule has 3 nitrogen and oxygen atoms in total. The van der Waals surface area contributed by atoms with Crippen molar-refractivity contribution in [3.63, 3.8) is 0 Å². The highest BCUT2D eigenvalue weighted by Gasteiger charge is 2.28. The van der Waals surface area contributed by atoms with Crippen LogP contribution in [0, 0.1) is 5.92 Å². The first-order chi connectivity index (χ1) is 6.56. The molecule has 0 bridgehead atoms. The fourth-order valence-electron chi connectivity index (χ4n) is 1.66. The van der Waals surface area contributed by atoms with E-state index >= 15 is 0 Å². The first-order valence-corrected chi connectivity index (χ1v) is 7.24. The van der Waals surface area contributed by atoms with E-state index in [1.807, 2.05) is 0 Å². The summed E-state index contributed by atoms with van der Waals surface area (Å²) < 4.78 is 25.1. The molecule has 0 radical (unpaired) electrons. The van der Waals surface area contributed by atoms with E-state index in [2.05, 4.69) is 6.92 Å². The molecule has 0 aromatic heterocycles. The average molecular weight is 240 g/mol. The zero-order chi connectivity index (χ0) is 10.6. The summed E-state index contributed by atoms with van der Waals surface area (Å²) in [5, 5.41) is 0. The number of sulfonamides is 1. The van der Waals surface area contributed by atoms with Crippen LogP contribution in [0.3, 0.4) is 0 Å². The number of halogens is 1. The molecule has 1 rings (SSSR count). The van der Waals surface area contributed by atoms with Crippen molar-refractivity contribution in [1.29, 1.82) is 0 Å². The van der Waals surface area contributed by atoms with Crippen LogP contribution in [0.4, 0.5) is 0 Å². The highest BCUT2D eigenvalue weighted by Crippen LogP contribution is 2.19. The van der Waals surface area contributed by atoms with E-state index in [0.29, 0.717) is 31.3 Å². The smallest absolute Gasteiger partial charge is 0.212 e. The van der Waals surface area contributed by atoms with Gasteiger partial charge in [0, 0.05) is 19.0 Å². The third kappa shape index (κ3) is 3.41. The maximum Gasteiger partial charge on any atom is 0.214 e. The van der Waals surface area contributed by atoms with E-state index in [1.165, 1.54) is 0 Å². The molecule has 1 unspecified atom stereocenters. The molecule has 0 aliphatic carbocycles. The molecule has 0 amide bonds. The second kappa shape index (κ2) is 5.33. The molecule has 5 heteroatoms. The van der Waals surface area contributed by atoms with Gasteiger partial charge in [-0.2, -0.15) is 0 Å². The van der Waals surface area contributed by atoms with Crippen molar-refractivity contribution in [2.24, 2.45) is 5.92 Å². The minimum Gasteiger partial charge on any atom is -0.212 e. The Morgan fingerprint density at radius 1 is 1.43 bits per heavy atom. The molecule has 1 aliphatic rings. The van der Waals surface area contributed by atoms with Crippen LogP contribution in [-0.4, -0.2) is 37.4 Å². The number of hydrogen-bond acceptors (Lipinski definition) is 2. The molecule has 1 atom stereocenters. The van der Waals surface area contributed by atoms with Crippen LogP contribution in [0.1, 0.15) is 26.2 Å². The molecule has 0 saturated carbocycles. The highest BCUT2D eigenvalue weighted by molar-refractivity contribution is 7.89. The number of nitrogens with zero attached hydrogens (tertiary/aromatic N) is 1. The van der Waals surface area contributed by atoms with Gasteiger partial charge in [-0.15, -0.1) is 11.6 Å². The summed E-state index contributed by atoms with van der Waals surface area (Å²) in [4.78, 5) is 0. The molecule has 0 spiro atoms. The largest absolute Gasteiger partial charge is 0.214 e. The second-order valence-corrected chi connectivity index (χ2v) is 6.43. The van der Waals surface area contributed by atoms with Crippen LogP contribution < -0.4 is 0 Å². The normalized spacial score (nSPS) is 24.3. The summed E-state index contributed by atoms with van der Waals surface area (Å²) >= 11 is 5.50. The fourth-order valence-corrected chi connectivity index (χ4v) is 3.54. The van der Waals surface area contributed by atoms with Gasteiger partial charge in [-0.25, -0.2) is 12.7 Å². The topological polar surface area (TPSA) is 37.4 Å². The summed E-state index contributed by atoms with van der Waals surface area (Å²) in [7, 11) is -2.99. The monoisotopic (exact) mass is 239 g/mol. The summed E-state index contributed by atoms with van der Waals surface area (Å²) in [6, 6.07) is 0. The van der Waals surface area contributed by atoms with E-state index in [0.717, 1.165) is 12.8 Å². The fraction of sp³-hybridized carbons (Fsp3) is 1.00. The number of rotatable bonds is 5. The van der Waals surface area contributed by atoms with Crippen molar-refractivity contribution < 1.29 is 8.42 Å². The van der Waals surface area contributed by atoms with Gasteiger partial charge in [-0.3, -0.25) is 0 Å². The number of alkyl halides is 1. The predicted molar refractivity (Wildman–Crippen MR) is 59.1 cm³/mol. The van der Waals surface area contributed by atoms with Gasteiger partial charge in [-0.1, -0.05) is 6.92 Å². The zero-order valence-corrected chi connectivity index (χ0v) is 10.1. The molecule has 0 aromatic rings. The summed E-state index contributed by atoms with van der Waals surface area (Å²) in [6.45, 7) is 3.49. The lowest BCUT2D eigenvalue weighted by Gasteiger charge is -2.15. The average Bonchev–Trinajstić information content (AvgIpc) is 2.53. The Morgan fingerprint density at radius 2 is 2.14 bits per heavy atom. The molecule has 1 heterocycles. The minimum absolute atomic E-state index is 0.256. The van der Waals surface area contributed by atoms with Gasteiger partial charge < -0.3 is 0 Å². The van der Waals surface area contributed by atoms with Gasteiger partial charge in [0.05, 0.1) is 5.75 Å². The molecular formula is C9H18ClNO2S. The molecule has 0 aromatic carbocycles. The Morgan fingerprint density at radius 3 is 2.64 bits per heavy atom. The van der Waals surface area contributed by atoms with Gasteiger partial charge in [0.25, 0.3) is 0 Å². The van der Waals surface area contributed by atoms with Crippen molar-refractivity contribution in [1.82, 2.24) is 4.31 Å². The van der Waals surface area contributed by atoms with Crippen LogP contribution in [0.25, 0.3) is 0 Å². The van der Waals surface area contributed by atoms with Crippen LogP contribution in [-0.2, 0) is 10.0 Å². The minimum atomic E-state index is -2.99. The Bertz CT molecular complexity index is 266. The molecule has 1 fully saturated rings. The van der Waals surface area contributed by atoms with Crippen molar-refractivity contribution in [2.45, 2.75) is 26.2 Å². The van der Waals surface area contributed by atoms with Crippen molar-refractivity contribution in [3.8, 4) is 0 Å². The molecule has 84 valence electrons. The van der Waals surface area contributed by atoms with Crippen LogP contribution >= 0.6 is 11.6 Å². The van der Waals surface area contributed by atoms with Gasteiger partial charge >= 0.3 is 0 Å².